The van der Waals surface area contributed by atoms with E-state index in [1.54, 1.807) is 10.7 Å². The molecule has 0 atom stereocenters. The zero-order valence-corrected chi connectivity index (χ0v) is 13.8. The molecule has 112 valence electrons. The van der Waals surface area contributed by atoms with Crippen LogP contribution in [0.3, 0.4) is 0 Å². The Morgan fingerprint density at radius 1 is 1.43 bits per heavy atom. The van der Waals surface area contributed by atoms with Crippen LogP contribution >= 0.6 is 23.6 Å². The molecule has 2 aromatic rings. The minimum Gasteiger partial charge on any atom is -0.465 e. The second kappa shape index (κ2) is 6.23. The van der Waals surface area contributed by atoms with Crippen LogP contribution in [-0.4, -0.2) is 28.0 Å². The van der Waals surface area contributed by atoms with Crippen LogP contribution in [0.1, 0.15) is 20.8 Å². The number of carbonyl (C=O) groups is 1. The number of thiocarbonyl (C=S) groups is 1. The van der Waals surface area contributed by atoms with Crippen LogP contribution in [-0.2, 0) is 11.8 Å². The Balaban J connectivity index is 2.17. The summed E-state index contributed by atoms with van der Waals surface area (Å²) in [6.07, 6.45) is 1.81. The molecule has 0 fully saturated rings. The number of thiophene rings is 1. The molecule has 2 aromatic heterocycles. The van der Waals surface area contributed by atoms with E-state index in [1.807, 2.05) is 27.1 Å². The Hall–Kier alpha value is -1.93. The number of hydrogen-bond acceptors (Lipinski definition) is 5. The summed E-state index contributed by atoms with van der Waals surface area (Å²) in [5.74, 6) is 0.264. The Kier molecular flexibility index (Phi) is 4.59. The van der Waals surface area contributed by atoms with Gasteiger partial charge in [0.25, 0.3) is 0 Å². The van der Waals surface area contributed by atoms with Gasteiger partial charge in [0.05, 0.1) is 12.7 Å². The number of aryl methyl sites for hydroxylation is 2. The fourth-order valence-electron chi connectivity index (χ4n) is 1.80. The van der Waals surface area contributed by atoms with Crippen molar-refractivity contribution in [2.24, 2.45) is 7.05 Å². The molecule has 0 aromatic carbocycles. The van der Waals surface area contributed by atoms with E-state index in [2.05, 4.69) is 15.7 Å². The van der Waals surface area contributed by atoms with E-state index in [-0.39, 0.29) is 5.97 Å². The van der Waals surface area contributed by atoms with Crippen molar-refractivity contribution in [3.8, 4) is 0 Å². The number of aromatic nitrogens is 2. The van der Waals surface area contributed by atoms with E-state index in [0.29, 0.717) is 21.5 Å². The summed E-state index contributed by atoms with van der Waals surface area (Å²) in [5.41, 5.74) is 1.42. The number of nitrogens with zero attached hydrogens (tertiary/aromatic N) is 2. The van der Waals surface area contributed by atoms with Crippen LogP contribution in [0.2, 0.25) is 0 Å². The molecule has 0 amide bonds. The van der Waals surface area contributed by atoms with E-state index in [0.717, 1.165) is 10.4 Å². The third-order valence-electron chi connectivity index (χ3n) is 2.96. The van der Waals surface area contributed by atoms with Crippen molar-refractivity contribution in [2.75, 3.05) is 17.7 Å². The van der Waals surface area contributed by atoms with Gasteiger partial charge in [-0.25, -0.2) is 4.79 Å². The number of nitrogens with one attached hydrogen (secondary N) is 2. The van der Waals surface area contributed by atoms with Crippen molar-refractivity contribution in [1.29, 1.82) is 0 Å². The molecule has 0 aliphatic rings. The smallest absolute Gasteiger partial charge is 0.341 e. The molecule has 2 heterocycles. The van der Waals surface area contributed by atoms with Gasteiger partial charge in [-0.2, -0.15) is 5.10 Å². The topological polar surface area (TPSA) is 68.2 Å². The first kappa shape index (κ1) is 15.5. The summed E-state index contributed by atoms with van der Waals surface area (Å²) in [5, 5.41) is 11.2. The summed E-state index contributed by atoms with van der Waals surface area (Å²) < 4.78 is 6.49. The summed E-state index contributed by atoms with van der Waals surface area (Å²) in [4.78, 5) is 12.9. The predicted molar refractivity (Wildman–Crippen MR) is 88.2 cm³/mol. The molecular weight excluding hydrogens is 308 g/mol. The minimum atomic E-state index is -0.375. The second-order valence-electron chi connectivity index (χ2n) is 4.43. The molecule has 0 saturated carbocycles. The predicted octanol–water partition coefficient (Wildman–Crippen LogP) is 2.69. The summed E-state index contributed by atoms with van der Waals surface area (Å²) in [7, 11) is 3.19. The third-order valence-corrected chi connectivity index (χ3v) is 4.28. The summed E-state index contributed by atoms with van der Waals surface area (Å²) >= 11 is 6.71. The van der Waals surface area contributed by atoms with Gasteiger partial charge < -0.3 is 15.4 Å². The summed E-state index contributed by atoms with van der Waals surface area (Å²) in [6, 6.07) is 1.81. The largest absolute Gasteiger partial charge is 0.465 e. The van der Waals surface area contributed by atoms with E-state index >= 15 is 0 Å². The van der Waals surface area contributed by atoms with E-state index in [4.69, 9.17) is 17.0 Å². The average Bonchev–Trinajstić information content (AvgIpc) is 2.94. The van der Waals surface area contributed by atoms with Gasteiger partial charge in [-0.1, -0.05) is 0 Å². The highest BCUT2D eigenvalue weighted by Crippen LogP contribution is 2.33. The highest BCUT2D eigenvalue weighted by atomic mass is 32.1. The number of rotatable bonds is 3. The van der Waals surface area contributed by atoms with Crippen LogP contribution < -0.4 is 10.6 Å². The number of methoxy groups -OCH3 is 1. The van der Waals surface area contributed by atoms with Crippen LogP contribution in [0.4, 0.5) is 10.8 Å². The maximum atomic E-state index is 11.9. The zero-order valence-electron chi connectivity index (χ0n) is 12.2. The number of esters is 1. The maximum absolute atomic E-state index is 11.9. The first-order valence-corrected chi connectivity index (χ1v) is 7.40. The molecular formula is C13H16N4O2S2. The lowest BCUT2D eigenvalue weighted by Crippen LogP contribution is -2.20. The molecule has 2 rings (SSSR count). The lowest BCUT2D eigenvalue weighted by Gasteiger charge is -2.08. The SMILES string of the molecule is COC(=O)c1c(NC(=S)Nc2ccn(C)n2)sc(C)c1C. The standard InChI is InChI=1S/C13H16N4O2S2/c1-7-8(2)21-11(10(7)12(18)19-4)15-13(20)14-9-5-6-17(3)16-9/h5-6H,1-4H3,(H2,14,15,16,20). The van der Waals surface area contributed by atoms with Gasteiger partial charge in [-0.15, -0.1) is 11.3 Å². The van der Waals surface area contributed by atoms with Crippen LogP contribution in [0.25, 0.3) is 0 Å². The van der Waals surface area contributed by atoms with Gasteiger partial charge in [-0.3, -0.25) is 4.68 Å². The maximum Gasteiger partial charge on any atom is 0.341 e. The van der Waals surface area contributed by atoms with Crippen LogP contribution in [0, 0.1) is 13.8 Å². The Labute approximate surface area is 132 Å². The molecule has 0 aliphatic carbocycles. The number of anilines is 2. The molecule has 0 aliphatic heterocycles. The quantitative estimate of drug-likeness (QED) is 0.668. The Morgan fingerprint density at radius 2 is 2.14 bits per heavy atom. The minimum absolute atomic E-state index is 0.375. The first-order valence-electron chi connectivity index (χ1n) is 6.18. The number of ether oxygens (including phenoxy) is 1. The Bertz CT molecular complexity index is 690. The van der Waals surface area contributed by atoms with Crippen molar-refractivity contribution in [3.63, 3.8) is 0 Å². The highest BCUT2D eigenvalue weighted by Gasteiger charge is 2.20. The first-order chi connectivity index (χ1) is 9.92. The van der Waals surface area contributed by atoms with Gasteiger partial charge in [0.1, 0.15) is 5.00 Å². The number of carbonyl (C=O) groups excluding carboxylic acids is 1. The van der Waals surface area contributed by atoms with Crippen molar-refractivity contribution < 1.29 is 9.53 Å². The monoisotopic (exact) mass is 324 g/mol. The lowest BCUT2D eigenvalue weighted by atomic mass is 10.1. The molecule has 8 heteroatoms. The molecule has 0 unspecified atom stereocenters. The van der Waals surface area contributed by atoms with Gasteiger partial charge in [0, 0.05) is 24.2 Å². The van der Waals surface area contributed by atoms with E-state index in [9.17, 15) is 4.79 Å². The highest BCUT2D eigenvalue weighted by molar-refractivity contribution is 7.80. The average molecular weight is 324 g/mol. The molecule has 0 bridgehead atoms. The third kappa shape index (κ3) is 3.40. The molecule has 2 N–H and O–H groups in total. The fraction of sp³-hybridized carbons (Fsp3) is 0.308. The van der Waals surface area contributed by atoms with Gasteiger partial charge >= 0.3 is 5.97 Å². The summed E-state index contributed by atoms with van der Waals surface area (Å²) in [6.45, 7) is 3.84. The van der Waals surface area contributed by atoms with Crippen LogP contribution in [0.15, 0.2) is 12.3 Å². The molecule has 21 heavy (non-hydrogen) atoms. The fourth-order valence-corrected chi connectivity index (χ4v) is 3.12. The number of hydrogen-bond donors (Lipinski definition) is 2. The van der Waals surface area contributed by atoms with Crippen molar-refractivity contribution in [2.45, 2.75) is 13.8 Å². The zero-order chi connectivity index (χ0) is 15.6. The lowest BCUT2D eigenvalue weighted by molar-refractivity contribution is 0.0601. The Morgan fingerprint density at radius 3 is 2.71 bits per heavy atom. The molecule has 6 nitrogen and oxygen atoms in total. The molecule has 0 radical (unpaired) electrons. The molecule has 0 saturated heterocycles. The van der Waals surface area contributed by atoms with Gasteiger partial charge in [-0.05, 0) is 31.6 Å². The van der Waals surface area contributed by atoms with Gasteiger partial charge in [0.2, 0.25) is 0 Å². The normalized spacial score (nSPS) is 10.3. The van der Waals surface area contributed by atoms with Gasteiger partial charge in [0.15, 0.2) is 10.9 Å². The van der Waals surface area contributed by atoms with Crippen LogP contribution in [0.5, 0.6) is 0 Å². The van der Waals surface area contributed by atoms with Crippen molar-refractivity contribution in [1.82, 2.24) is 9.78 Å². The van der Waals surface area contributed by atoms with Crippen molar-refractivity contribution in [3.05, 3.63) is 28.3 Å². The van der Waals surface area contributed by atoms with Crippen molar-refractivity contribution >= 4 is 45.5 Å². The van der Waals surface area contributed by atoms with E-state index in [1.165, 1.54) is 18.4 Å². The second-order valence-corrected chi connectivity index (χ2v) is 6.07. The van der Waals surface area contributed by atoms with E-state index < -0.39 is 0 Å². The molecule has 0 spiro atoms.